The molecule has 0 saturated heterocycles. The summed E-state index contributed by atoms with van der Waals surface area (Å²) in [5.41, 5.74) is 1.75. The molecule has 0 atom stereocenters. The summed E-state index contributed by atoms with van der Waals surface area (Å²) in [6.45, 7) is 0. The Hall–Kier alpha value is -2.91. The van der Waals surface area contributed by atoms with Crippen LogP contribution in [0.5, 0.6) is 17.2 Å². The van der Waals surface area contributed by atoms with Crippen LogP contribution in [0.25, 0.3) is 11.0 Å². The van der Waals surface area contributed by atoms with E-state index in [9.17, 15) is 4.79 Å². The Labute approximate surface area is 191 Å². The molecule has 2 aromatic heterocycles. The molecule has 0 aliphatic carbocycles. The van der Waals surface area contributed by atoms with E-state index in [1.807, 2.05) is 42.5 Å². The summed E-state index contributed by atoms with van der Waals surface area (Å²) in [6, 6.07) is 11.4. The third-order valence-electron chi connectivity index (χ3n) is 4.80. The first-order valence-electron chi connectivity index (χ1n) is 9.47. The van der Waals surface area contributed by atoms with Crippen molar-refractivity contribution in [3.8, 4) is 17.2 Å². The number of hydrogen-bond donors (Lipinski definition) is 0. The minimum Gasteiger partial charge on any atom is -0.497 e. The summed E-state index contributed by atoms with van der Waals surface area (Å²) in [4.78, 5) is 17.9. The van der Waals surface area contributed by atoms with Gasteiger partial charge in [-0.1, -0.05) is 33.3 Å². The summed E-state index contributed by atoms with van der Waals surface area (Å²) >= 11 is 4.83. The SMILES string of the molecule is COc1ccc(Br)c(/C=c2\sc3nc(CCc4ccc(OC)c(OC)c4)nn3c2=O)c1. The van der Waals surface area contributed by atoms with Crippen LogP contribution in [0.4, 0.5) is 0 Å². The number of nitrogens with zero attached hydrogens (tertiary/aromatic N) is 3. The number of fused-ring (bicyclic) bond motifs is 1. The first kappa shape index (κ1) is 21.3. The maximum absolute atomic E-state index is 12.8. The third-order valence-corrected chi connectivity index (χ3v) is 6.48. The van der Waals surface area contributed by atoms with E-state index in [0.29, 0.717) is 33.2 Å². The lowest BCUT2D eigenvalue weighted by molar-refractivity contribution is 0.354. The van der Waals surface area contributed by atoms with Gasteiger partial charge in [0, 0.05) is 10.9 Å². The van der Waals surface area contributed by atoms with Gasteiger partial charge in [-0.05, 0) is 54.0 Å². The maximum atomic E-state index is 12.8. The average molecular weight is 502 g/mol. The van der Waals surface area contributed by atoms with E-state index < -0.39 is 0 Å². The van der Waals surface area contributed by atoms with Crippen molar-refractivity contribution in [3.05, 3.63) is 72.7 Å². The van der Waals surface area contributed by atoms with Gasteiger partial charge >= 0.3 is 0 Å². The van der Waals surface area contributed by atoms with Gasteiger partial charge in [0.1, 0.15) is 5.75 Å². The minimum atomic E-state index is -0.181. The van der Waals surface area contributed by atoms with Crippen LogP contribution < -0.4 is 24.3 Å². The topological polar surface area (TPSA) is 74.9 Å². The molecule has 0 aliphatic heterocycles. The molecule has 0 spiro atoms. The van der Waals surface area contributed by atoms with Gasteiger partial charge in [-0.25, -0.2) is 4.98 Å². The molecule has 0 N–H and O–H groups in total. The fraction of sp³-hybridized carbons (Fsp3) is 0.227. The second kappa shape index (κ2) is 9.07. The Morgan fingerprint density at radius 3 is 2.55 bits per heavy atom. The zero-order chi connectivity index (χ0) is 22.0. The van der Waals surface area contributed by atoms with Crippen molar-refractivity contribution in [2.75, 3.05) is 21.3 Å². The van der Waals surface area contributed by atoms with Crippen LogP contribution in [-0.4, -0.2) is 35.9 Å². The molecule has 0 aliphatic rings. The lowest BCUT2D eigenvalue weighted by atomic mass is 10.1. The number of aryl methyl sites for hydroxylation is 2. The monoisotopic (exact) mass is 501 g/mol. The van der Waals surface area contributed by atoms with Crippen molar-refractivity contribution in [3.63, 3.8) is 0 Å². The molecular formula is C22H20BrN3O4S. The molecule has 4 aromatic rings. The highest BCUT2D eigenvalue weighted by Crippen LogP contribution is 2.28. The smallest absolute Gasteiger partial charge is 0.291 e. The van der Waals surface area contributed by atoms with Crippen molar-refractivity contribution in [2.24, 2.45) is 0 Å². The standard InChI is InChI=1S/C22H20BrN3O4S/c1-28-15-6-7-16(23)14(11-15)12-19-21(27)26-22(31-19)24-20(25-26)9-5-13-4-8-17(29-2)18(10-13)30-3/h4,6-8,10-12H,5,9H2,1-3H3/b19-12-. The molecule has 0 radical (unpaired) electrons. The molecule has 0 unspecified atom stereocenters. The first-order valence-corrected chi connectivity index (χ1v) is 11.1. The normalized spacial score (nSPS) is 11.8. The van der Waals surface area contributed by atoms with E-state index >= 15 is 0 Å². The second-order valence-corrected chi connectivity index (χ2v) is 8.58. The minimum absolute atomic E-state index is 0.181. The Balaban J connectivity index is 1.58. The average Bonchev–Trinajstić information content (AvgIpc) is 3.32. The van der Waals surface area contributed by atoms with Gasteiger partial charge in [-0.2, -0.15) is 4.52 Å². The Morgan fingerprint density at radius 1 is 1.03 bits per heavy atom. The molecule has 4 rings (SSSR count). The third kappa shape index (κ3) is 4.42. The predicted octanol–water partition coefficient (Wildman–Crippen LogP) is 3.27. The Morgan fingerprint density at radius 2 is 1.84 bits per heavy atom. The number of ether oxygens (including phenoxy) is 3. The molecular weight excluding hydrogens is 482 g/mol. The van der Waals surface area contributed by atoms with Crippen molar-refractivity contribution < 1.29 is 14.2 Å². The van der Waals surface area contributed by atoms with Crippen LogP contribution in [0.2, 0.25) is 0 Å². The lowest BCUT2D eigenvalue weighted by Gasteiger charge is -2.08. The fourth-order valence-corrected chi connectivity index (χ4v) is 4.45. The highest BCUT2D eigenvalue weighted by Gasteiger charge is 2.12. The van der Waals surface area contributed by atoms with Gasteiger partial charge in [-0.15, -0.1) is 5.10 Å². The molecule has 0 bridgehead atoms. The van der Waals surface area contributed by atoms with Crippen molar-refractivity contribution in [2.45, 2.75) is 12.8 Å². The number of hydrogen-bond acceptors (Lipinski definition) is 7. The second-order valence-electron chi connectivity index (χ2n) is 6.71. The van der Waals surface area contributed by atoms with Crippen molar-refractivity contribution in [1.82, 2.24) is 14.6 Å². The van der Waals surface area contributed by atoms with Crippen LogP contribution in [-0.2, 0) is 12.8 Å². The number of benzene rings is 2. The van der Waals surface area contributed by atoms with E-state index in [0.717, 1.165) is 27.8 Å². The predicted molar refractivity (Wildman–Crippen MR) is 124 cm³/mol. The summed E-state index contributed by atoms with van der Waals surface area (Å²) in [7, 11) is 4.83. The Kier molecular flexibility index (Phi) is 6.24. The molecule has 0 saturated carbocycles. The highest BCUT2D eigenvalue weighted by molar-refractivity contribution is 9.10. The van der Waals surface area contributed by atoms with Gasteiger partial charge in [0.2, 0.25) is 4.96 Å². The van der Waals surface area contributed by atoms with Gasteiger partial charge in [0.05, 0.1) is 25.9 Å². The van der Waals surface area contributed by atoms with Crippen LogP contribution >= 0.6 is 27.3 Å². The number of rotatable bonds is 7. The quantitative estimate of drug-likeness (QED) is 0.386. The molecule has 160 valence electrons. The lowest BCUT2D eigenvalue weighted by Crippen LogP contribution is -2.23. The van der Waals surface area contributed by atoms with Gasteiger partial charge < -0.3 is 14.2 Å². The molecule has 0 fully saturated rings. The molecule has 31 heavy (non-hydrogen) atoms. The Bertz CT molecular complexity index is 1350. The molecule has 0 amide bonds. The maximum Gasteiger partial charge on any atom is 0.291 e. The molecule has 2 heterocycles. The molecule has 9 heteroatoms. The van der Waals surface area contributed by atoms with E-state index in [-0.39, 0.29) is 5.56 Å². The van der Waals surface area contributed by atoms with Gasteiger partial charge in [-0.3, -0.25) is 4.79 Å². The van der Waals surface area contributed by atoms with Gasteiger partial charge in [0.25, 0.3) is 5.56 Å². The summed E-state index contributed by atoms with van der Waals surface area (Å²) < 4.78 is 18.7. The number of halogens is 1. The first-order chi connectivity index (χ1) is 15.0. The summed E-state index contributed by atoms with van der Waals surface area (Å²) in [6.07, 6.45) is 3.16. The van der Waals surface area contributed by atoms with E-state index in [2.05, 4.69) is 26.0 Å². The summed E-state index contributed by atoms with van der Waals surface area (Å²) in [5, 5.41) is 4.41. The fourth-order valence-electron chi connectivity index (χ4n) is 3.17. The van der Waals surface area contributed by atoms with Crippen molar-refractivity contribution >= 4 is 38.3 Å². The number of aromatic nitrogens is 3. The van der Waals surface area contributed by atoms with E-state index in [1.165, 1.54) is 15.9 Å². The molecule has 7 nitrogen and oxygen atoms in total. The zero-order valence-electron chi connectivity index (χ0n) is 17.2. The van der Waals surface area contributed by atoms with E-state index in [1.54, 1.807) is 21.3 Å². The van der Waals surface area contributed by atoms with Crippen molar-refractivity contribution in [1.29, 1.82) is 0 Å². The van der Waals surface area contributed by atoms with Crippen LogP contribution in [0.1, 0.15) is 17.0 Å². The largest absolute Gasteiger partial charge is 0.497 e. The van der Waals surface area contributed by atoms with Crippen LogP contribution in [0.3, 0.4) is 0 Å². The number of thiazole rings is 1. The van der Waals surface area contributed by atoms with E-state index in [4.69, 9.17) is 14.2 Å². The highest BCUT2D eigenvalue weighted by atomic mass is 79.9. The summed E-state index contributed by atoms with van der Waals surface area (Å²) in [5.74, 6) is 2.73. The molecule has 2 aromatic carbocycles. The number of methoxy groups -OCH3 is 3. The van der Waals surface area contributed by atoms with Crippen LogP contribution in [0.15, 0.2) is 45.7 Å². The van der Waals surface area contributed by atoms with Gasteiger partial charge in [0.15, 0.2) is 17.3 Å². The van der Waals surface area contributed by atoms with Crippen LogP contribution in [0, 0.1) is 0 Å². The zero-order valence-corrected chi connectivity index (χ0v) is 19.6.